The molecule has 2 amide bonds. The van der Waals surface area contributed by atoms with E-state index in [-0.39, 0.29) is 43.2 Å². The lowest BCUT2D eigenvalue weighted by molar-refractivity contribution is -0.143. The van der Waals surface area contributed by atoms with Crippen molar-refractivity contribution in [2.75, 3.05) is 6.54 Å². The first-order valence-electron chi connectivity index (χ1n) is 13.7. The van der Waals surface area contributed by atoms with Crippen molar-refractivity contribution in [2.24, 2.45) is 0 Å². The molecule has 0 radical (unpaired) electrons. The van der Waals surface area contributed by atoms with E-state index in [4.69, 9.17) is 4.42 Å². The average molecular weight is 617 g/mol. The first-order valence-corrected chi connectivity index (χ1v) is 13.7. The van der Waals surface area contributed by atoms with Crippen molar-refractivity contribution < 1.29 is 40.3 Å². The molecule has 2 heterocycles. The molecule has 6 nitrogen and oxygen atoms in total. The van der Waals surface area contributed by atoms with Gasteiger partial charge in [-0.05, 0) is 62.1 Å². The Morgan fingerprint density at radius 3 is 2.20 bits per heavy atom. The van der Waals surface area contributed by atoms with E-state index in [0.717, 1.165) is 17.2 Å². The van der Waals surface area contributed by atoms with Crippen LogP contribution in [0.15, 0.2) is 82.0 Å². The molecular formula is C32H26F6N2O4. The van der Waals surface area contributed by atoms with Gasteiger partial charge < -0.3 is 14.6 Å². The van der Waals surface area contributed by atoms with Gasteiger partial charge in [0.2, 0.25) is 0 Å². The first kappa shape index (κ1) is 30.8. The Morgan fingerprint density at radius 1 is 0.909 bits per heavy atom. The quantitative estimate of drug-likeness (QED) is 0.251. The zero-order valence-corrected chi connectivity index (χ0v) is 23.3. The Kier molecular flexibility index (Phi) is 8.28. The van der Waals surface area contributed by atoms with Crippen LogP contribution in [-0.4, -0.2) is 35.3 Å². The second kappa shape index (κ2) is 11.8. The molecule has 230 valence electrons. The van der Waals surface area contributed by atoms with Crippen LogP contribution in [0.25, 0.3) is 11.0 Å². The number of fused-ring (bicyclic) bond motifs is 1. The Labute approximate surface area is 247 Å². The van der Waals surface area contributed by atoms with E-state index in [0.29, 0.717) is 17.5 Å². The summed E-state index contributed by atoms with van der Waals surface area (Å²) in [6.45, 7) is 1.75. The van der Waals surface area contributed by atoms with Gasteiger partial charge in [0.1, 0.15) is 5.58 Å². The molecule has 1 aliphatic heterocycles. The van der Waals surface area contributed by atoms with Gasteiger partial charge in [-0.15, -0.1) is 0 Å². The Morgan fingerprint density at radius 2 is 1.57 bits per heavy atom. The molecular weight excluding hydrogens is 590 g/mol. The number of carbonyl (C=O) groups excluding carboxylic acids is 2. The fourth-order valence-electron chi connectivity index (χ4n) is 5.41. The van der Waals surface area contributed by atoms with Gasteiger partial charge in [-0.3, -0.25) is 14.4 Å². The van der Waals surface area contributed by atoms with E-state index in [2.05, 4.69) is 5.32 Å². The van der Waals surface area contributed by atoms with Crippen LogP contribution < -0.4 is 10.7 Å². The average Bonchev–Trinajstić information content (AvgIpc) is 2.96. The van der Waals surface area contributed by atoms with Crippen molar-refractivity contribution in [1.82, 2.24) is 10.2 Å². The maximum absolute atomic E-state index is 13.5. The minimum absolute atomic E-state index is 0.0215. The van der Waals surface area contributed by atoms with E-state index in [1.165, 1.54) is 4.90 Å². The predicted molar refractivity (Wildman–Crippen MR) is 149 cm³/mol. The number of rotatable bonds is 5. The number of halogens is 6. The molecule has 12 heteroatoms. The van der Waals surface area contributed by atoms with Crippen LogP contribution in [0, 0.1) is 6.92 Å². The molecule has 0 unspecified atom stereocenters. The smallest absolute Gasteiger partial charge is 0.416 e. The highest BCUT2D eigenvalue weighted by atomic mass is 19.4. The van der Waals surface area contributed by atoms with Crippen LogP contribution in [-0.2, 0) is 18.8 Å². The predicted octanol–water partition coefficient (Wildman–Crippen LogP) is 6.78. The fraction of sp³-hybridized carbons (Fsp3) is 0.281. The van der Waals surface area contributed by atoms with Crippen molar-refractivity contribution in [3.63, 3.8) is 0 Å². The van der Waals surface area contributed by atoms with Crippen molar-refractivity contribution in [1.29, 1.82) is 0 Å². The highest BCUT2D eigenvalue weighted by molar-refractivity contribution is 5.95. The van der Waals surface area contributed by atoms with E-state index >= 15 is 0 Å². The molecule has 2 atom stereocenters. The summed E-state index contributed by atoms with van der Waals surface area (Å²) >= 11 is 0. The Balaban J connectivity index is 1.42. The number of likely N-dealkylation sites (tertiary alicyclic amines) is 1. The van der Waals surface area contributed by atoms with Crippen LogP contribution in [0.2, 0.25) is 0 Å². The summed E-state index contributed by atoms with van der Waals surface area (Å²) in [6, 6.07) is 14.5. The number of aryl methyl sites for hydroxylation is 1. The molecule has 1 saturated heterocycles. The molecule has 0 bridgehead atoms. The van der Waals surface area contributed by atoms with E-state index in [9.17, 15) is 40.7 Å². The number of alkyl halides is 6. The summed E-state index contributed by atoms with van der Waals surface area (Å²) in [6.07, 6.45) is -9.67. The highest BCUT2D eigenvalue weighted by Crippen LogP contribution is 2.37. The number of nitrogens with zero attached hydrogens (tertiary/aromatic N) is 1. The lowest BCUT2D eigenvalue weighted by Crippen LogP contribution is -2.52. The second-order valence-electron chi connectivity index (χ2n) is 10.8. The van der Waals surface area contributed by atoms with Crippen molar-refractivity contribution in [3.05, 3.63) is 117 Å². The monoisotopic (exact) mass is 616 g/mol. The number of benzene rings is 3. The molecule has 1 N–H and O–H groups in total. The summed E-state index contributed by atoms with van der Waals surface area (Å²) in [5.74, 6) is -1.86. The lowest BCUT2D eigenvalue weighted by atomic mass is 9.91. The zero-order valence-electron chi connectivity index (χ0n) is 23.3. The Hall–Kier alpha value is -4.61. The molecule has 0 aliphatic carbocycles. The Bertz CT molecular complexity index is 1730. The van der Waals surface area contributed by atoms with Gasteiger partial charge in [-0.2, -0.15) is 26.3 Å². The molecule has 0 saturated carbocycles. The van der Waals surface area contributed by atoms with Crippen LogP contribution in [0.4, 0.5) is 26.3 Å². The third-order valence-corrected chi connectivity index (χ3v) is 7.57. The van der Waals surface area contributed by atoms with Crippen LogP contribution in [0.1, 0.15) is 56.0 Å². The maximum Gasteiger partial charge on any atom is 0.416 e. The highest BCUT2D eigenvalue weighted by Gasteiger charge is 2.39. The topological polar surface area (TPSA) is 79.6 Å². The molecule has 5 rings (SSSR count). The van der Waals surface area contributed by atoms with Gasteiger partial charge in [0.15, 0.2) is 11.2 Å². The fourth-order valence-corrected chi connectivity index (χ4v) is 5.41. The van der Waals surface area contributed by atoms with Gasteiger partial charge in [-0.25, -0.2) is 0 Å². The first-order chi connectivity index (χ1) is 20.7. The molecule has 0 spiro atoms. The summed E-state index contributed by atoms with van der Waals surface area (Å²) < 4.78 is 86.6. The zero-order chi connectivity index (χ0) is 31.8. The minimum Gasteiger partial charge on any atom is -0.451 e. The van der Waals surface area contributed by atoms with Crippen LogP contribution in [0.3, 0.4) is 0 Å². The van der Waals surface area contributed by atoms with Gasteiger partial charge in [0.05, 0.1) is 16.5 Å². The minimum atomic E-state index is -5.10. The molecule has 1 aromatic heterocycles. The van der Waals surface area contributed by atoms with Gasteiger partial charge in [0.25, 0.3) is 11.8 Å². The number of carbonyl (C=O) groups is 2. The molecule has 44 heavy (non-hydrogen) atoms. The maximum atomic E-state index is 13.5. The summed E-state index contributed by atoms with van der Waals surface area (Å²) in [7, 11) is 0. The second-order valence-corrected chi connectivity index (χ2v) is 10.8. The normalized spacial score (nSPS) is 17.5. The number of nitrogens with one attached hydrogen (secondary N) is 1. The van der Waals surface area contributed by atoms with Crippen molar-refractivity contribution in [2.45, 2.75) is 50.6 Å². The molecule has 1 fully saturated rings. The van der Waals surface area contributed by atoms with Crippen LogP contribution in [0.5, 0.6) is 0 Å². The number of hydrogen-bond acceptors (Lipinski definition) is 4. The standard InChI is InChI=1S/C32H26F6N2O4/c1-18-7-8-27-25(11-18)26(41)17-28(44-27)29(42)39-23-9-10-40(24(16-23)12-19-5-3-2-4-6-19)30(43)20-13-21(31(33,34)35)15-22(14-20)32(36,37)38/h2-8,11,13-15,17,23-24H,9-10,12,16H2,1H3,(H,39,42)/t23-,24+/m0/s1. The van der Waals surface area contributed by atoms with E-state index in [1.54, 1.807) is 48.5 Å². The summed E-state index contributed by atoms with van der Waals surface area (Å²) in [4.78, 5) is 40.5. The van der Waals surface area contributed by atoms with Gasteiger partial charge in [0, 0.05) is 30.3 Å². The van der Waals surface area contributed by atoms with Gasteiger partial charge >= 0.3 is 12.4 Å². The molecule has 3 aromatic carbocycles. The number of piperidine rings is 1. The molecule has 4 aromatic rings. The summed E-state index contributed by atoms with van der Waals surface area (Å²) in [5.41, 5.74) is -2.45. The van der Waals surface area contributed by atoms with Gasteiger partial charge in [-0.1, -0.05) is 42.0 Å². The summed E-state index contributed by atoms with van der Waals surface area (Å²) in [5, 5.41) is 3.12. The van der Waals surface area contributed by atoms with E-state index < -0.39 is 58.4 Å². The lowest BCUT2D eigenvalue weighted by Gasteiger charge is -2.40. The molecule has 1 aliphatic rings. The third-order valence-electron chi connectivity index (χ3n) is 7.57. The third kappa shape index (κ3) is 6.79. The largest absolute Gasteiger partial charge is 0.451 e. The SMILES string of the molecule is Cc1ccc2oc(C(=O)N[C@H]3CCN(C(=O)c4cc(C(F)(F)F)cc(C(F)(F)F)c4)[C@H](Cc4ccccc4)C3)cc(=O)c2c1. The number of amides is 2. The van der Waals surface area contributed by atoms with Crippen molar-refractivity contribution in [3.8, 4) is 0 Å². The van der Waals surface area contributed by atoms with Crippen molar-refractivity contribution >= 4 is 22.8 Å². The van der Waals surface area contributed by atoms with Crippen LogP contribution >= 0.6 is 0 Å². The van der Waals surface area contributed by atoms with E-state index in [1.807, 2.05) is 6.92 Å². The number of hydrogen-bond donors (Lipinski definition) is 1.